The zero-order valence-electron chi connectivity index (χ0n) is 12.6. The molecule has 0 radical (unpaired) electrons. The number of benzene rings is 2. The Kier molecular flexibility index (Phi) is 3.91. The Labute approximate surface area is 125 Å². The third kappa shape index (κ3) is 3.07. The van der Waals surface area contributed by atoms with E-state index in [-0.39, 0.29) is 0 Å². The minimum absolute atomic E-state index is 0.811. The first kappa shape index (κ1) is 13.7. The van der Waals surface area contributed by atoms with Gasteiger partial charge in [-0.25, -0.2) is 4.98 Å². The number of hydrogen-bond acceptors (Lipinski definition) is 2. The predicted octanol–water partition coefficient (Wildman–Crippen LogP) is 4.29. The quantitative estimate of drug-likeness (QED) is 0.755. The Morgan fingerprint density at radius 2 is 1.81 bits per heavy atom. The van der Waals surface area contributed by atoms with Gasteiger partial charge in [-0.3, -0.25) is 0 Å². The van der Waals surface area contributed by atoms with Gasteiger partial charge in [0.1, 0.15) is 5.82 Å². The summed E-state index contributed by atoms with van der Waals surface area (Å²) in [6.07, 6.45) is 1.12. The van der Waals surface area contributed by atoms with Crippen molar-refractivity contribution in [3.05, 3.63) is 59.9 Å². The molecule has 0 spiro atoms. The summed E-state index contributed by atoms with van der Waals surface area (Å²) >= 11 is 0. The van der Waals surface area contributed by atoms with Crippen LogP contribution in [0.25, 0.3) is 11.0 Å². The third-order valence-electron chi connectivity index (χ3n) is 3.67. The van der Waals surface area contributed by atoms with Crippen molar-refractivity contribution in [2.45, 2.75) is 26.8 Å². The smallest absolute Gasteiger partial charge is 0.126 e. The SMILES string of the molecule is CCCN(Cc1nc2ccccc2[nH]1)c1ccc(C)cc1. The van der Waals surface area contributed by atoms with Crippen molar-refractivity contribution in [2.24, 2.45) is 0 Å². The largest absolute Gasteiger partial charge is 0.364 e. The number of imidazole rings is 1. The number of H-pyrrole nitrogens is 1. The van der Waals surface area contributed by atoms with Crippen molar-refractivity contribution < 1.29 is 0 Å². The number of nitrogens with zero attached hydrogens (tertiary/aromatic N) is 2. The zero-order valence-corrected chi connectivity index (χ0v) is 12.6. The van der Waals surface area contributed by atoms with Crippen LogP contribution in [0.15, 0.2) is 48.5 Å². The summed E-state index contributed by atoms with van der Waals surface area (Å²) in [5, 5.41) is 0. The van der Waals surface area contributed by atoms with Crippen molar-refractivity contribution in [1.82, 2.24) is 9.97 Å². The molecule has 1 N–H and O–H groups in total. The van der Waals surface area contributed by atoms with Crippen molar-refractivity contribution in [2.75, 3.05) is 11.4 Å². The van der Waals surface area contributed by atoms with E-state index in [1.54, 1.807) is 0 Å². The van der Waals surface area contributed by atoms with Crippen LogP contribution in [0.4, 0.5) is 5.69 Å². The molecule has 0 aliphatic carbocycles. The van der Waals surface area contributed by atoms with Crippen LogP contribution in [-0.2, 0) is 6.54 Å². The average molecular weight is 279 g/mol. The molecule has 0 aliphatic heterocycles. The average Bonchev–Trinajstić information content (AvgIpc) is 2.90. The Hall–Kier alpha value is -2.29. The molecule has 0 fully saturated rings. The lowest BCUT2D eigenvalue weighted by molar-refractivity contribution is 0.745. The normalized spacial score (nSPS) is 11.0. The Balaban J connectivity index is 1.85. The van der Waals surface area contributed by atoms with E-state index in [4.69, 9.17) is 0 Å². The maximum Gasteiger partial charge on any atom is 0.126 e. The van der Waals surface area contributed by atoms with Crippen molar-refractivity contribution in [3.63, 3.8) is 0 Å². The monoisotopic (exact) mass is 279 g/mol. The van der Waals surface area contributed by atoms with Crippen LogP contribution in [0.2, 0.25) is 0 Å². The van der Waals surface area contributed by atoms with E-state index in [9.17, 15) is 0 Å². The first-order valence-electron chi connectivity index (χ1n) is 7.51. The molecule has 1 aromatic heterocycles. The summed E-state index contributed by atoms with van der Waals surface area (Å²) in [6.45, 7) is 6.17. The number of rotatable bonds is 5. The van der Waals surface area contributed by atoms with Crippen LogP contribution in [0, 0.1) is 6.92 Å². The Bertz CT molecular complexity index is 680. The minimum Gasteiger partial charge on any atom is -0.364 e. The molecule has 2 aromatic carbocycles. The summed E-state index contributed by atoms with van der Waals surface area (Å²) < 4.78 is 0. The fraction of sp³-hybridized carbons (Fsp3) is 0.278. The van der Waals surface area contributed by atoms with Gasteiger partial charge in [-0.2, -0.15) is 0 Å². The molecule has 0 bridgehead atoms. The van der Waals surface area contributed by atoms with E-state index in [1.807, 2.05) is 18.2 Å². The fourth-order valence-corrected chi connectivity index (χ4v) is 2.59. The standard InChI is InChI=1S/C18H21N3/c1-3-12-21(15-10-8-14(2)9-11-15)13-18-19-16-6-4-5-7-17(16)20-18/h4-11H,3,12-13H2,1-2H3,(H,19,20). The lowest BCUT2D eigenvalue weighted by Crippen LogP contribution is -2.24. The topological polar surface area (TPSA) is 31.9 Å². The van der Waals surface area contributed by atoms with Crippen LogP contribution in [0.5, 0.6) is 0 Å². The predicted molar refractivity (Wildman–Crippen MR) is 88.6 cm³/mol. The van der Waals surface area contributed by atoms with Gasteiger partial charge >= 0.3 is 0 Å². The summed E-state index contributed by atoms with van der Waals surface area (Å²) in [6, 6.07) is 16.9. The number of aromatic nitrogens is 2. The van der Waals surface area contributed by atoms with Gasteiger partial charge in [0, 0.05) is 12.2 Å². The van der Waals surface area contributed by atoms with E-state index in [1.165, 1.54) is 11.3 Å². The highest BCUT2D eigenvalue weighted by Crippen LogP contribution is 2.19. The first-order chi connectivity index (χ1) is 10.3. The maximum absolute atomic E-state index is 4.68. The molecule has 0 atom stereocenters. The van der Waals surface area contributed by atoms with Gasteiger partial charge in [0.15, 0.2) is 0 Å². The fourth-order valence-electron chi connectivity index (χ4n) is 2.59. The van der Waals surface area contributed by atoms with E-state index < -0.39 is 0 Å². The van der Waals surface area contributed by atoms with E-state index in [0.29, 0.717) is 0 Å². The van der Waals surface area contributed by atoms with Crippen LogP contribution >= 0.6 is 0 Å². The van der Waals surface area contributed by atoms with Gasteiger partial charge in [0.25, 0.3) is 0 Å². The first-order valence-corrected chi connectivity index (χ1v) is 7.51. The van der Waals surface area contributed by atoms with Crippen LogP contribution in [-0.4, -0.2) is 16.5 Å². The molecule has 0 aliphatic rings. The number of hydrogen-bond donors (Lipinski definition) is 1. The second-order valence-corrected chi connectivity index (χ2v) is 5.46. The van der Waals surface area contributed by atoms with Gasteiger partial charge in [0.05, 0.1) is 17.6 Å². The van der Waals surface area contributed by atoms with Gasteiger partial charge in [-0.1, -0.05) is 36.8 Å². The van der Waals surface area contributed by atoms with Crippen LogP contribution in [0.1, 0.15) is 24.7 Å². The number of nitrogens with one attached hydrogen (secondary N) is 1. The molecule has 3 aromatic rings. The number of aromatic amines is 1. The van der Waals surface area contributed by atoms with Gasteiger partial charge in [-0.05, 0) is 37.6 Å². The zero-order chi connectivity index (χ0) is 14.7. The van der Waals surface area contributed by atoms with Gasteiger partial charge in [-0.15, -0.1) is 0 Å². The van der Waals surface area contributed by atoms with Crippen molar-refractivity contribution in [3.8, 4) is 0 Å². The lowest BCUT2D eigenvalue weighted by atomic mass is 10.2. The van der Waals surface area contributed by atoms with Gasteiger partial charge < -0.3 is 9.88 Å². The molecule has 0 unspecified atom stereocenters. The van der Waals surface area contributed by atoms with Crippen LogP contribution in [0.3, 0.4) is 0 Å². The summed E-state index contributed by atoms with van der Waals surface area (Å²) in [5.41, 5.74) is 4.68. The van der Waals surface area contributed by atoms with E-state index in [0.717, 1.165) is 36.4 Å². The molecule has 0 amide bonds. The molecular weight excluding hydrogens is 258 g/mol. The summed E-state index contributed by atoms with van der Waals surface area (Å²) in [5.74, 6) is 1.02. The van der Waals surface area contributed by atoms with Crippen LogP contribution < -0.4 is 4.90 Å². The van der Waals surface area contributed by atoms with Crippen molar-refractivity contribution >= 4 is 16.7 Å². The molecule has 108 valence electrons. The molecule has 21 heavy (non-hydrogen) atoms. The molecular formula is C18H21N3. The molecule has 3 nitrogen and oxygen atoms in total. The highest BCUT2D eigenvalue weighted by Gasteiger charge is 2.09. The highest BCUT2D eigenvalue weighted by molar-refractivity contribution is 5.74. The van der Waals surface area contributed by atoms with E-state index in [2.05, 4.69) is 59.0 Å². The summed E-state index contributed by atoms with van der Waals surface area (Å²) in [7, 11) is 0. The molecule has 0 saturated carbocycles. The Morgan fingerprint density at radius 3 is 2.52 bits per heavy atom. The molecule has 0 saturated heterocycles. The second kappa shape index (κ2) is 6.00. The highest BCUT2D eigenvalue weighted by atomic mass is 15.2. The van der Waals surface area contributed by atoms with Crippen molar-refractivity contribution in [1.29, 1.82) is 0 Å². The minimum atomic E-state index is 0.811. The number of para-hydroxylation sites is 2. The maximum atomic E-state index is 4.68. The Morgan fingerprint density at radius 1 is 1.05 bits per heavy atom. The third-order valence-corrected chi connectivity index (χ3v) is 3.67. The number of fused-ring (bicyclic) bond motifs is 1. The van der Waals surface area contributed by atoms with Gasteiger partial charge in [0.2, 0.25) is 0 Å². The summed E-state index contributed by atoms with van der Waals surface area (Å²) in [4.78, 5) is 10.5. The molecule has 3 rings (SSSR count). The number of anilines is 1. The molecule has 3 heteroatoms. The van der Waals surface area contributed by atoms with E-state index >= 15 is 0 Å². The number of aryl methyl sites for hydroxylation is 1. The lowest BCUT2D eigenvalue weighted by Gasteiger charge is -2.23. The second-order valence-electron chi connectivity index (χ2n) is 5.46. The molecule has 1 heterocycles.